The van der Waals surface area contributed by atoms with E-state index in [1.165, 1.54) is 10.5 Å². The number of carbonyl (C=O) groups excluding carboxylic acids is 2. The molecule has 0 spiro atoms. The monoisotopic (exact) mass is 275 g/mol. The second-order valence-corrected chi connectivity index (χ2v) is 5.89. The summed E-state index contributed by atoms with van der Waals surface area (Å²) in [6.07, 6.45) is 0.943. The van der Waals surface area contributed by atoms with E-state index in [4.69, 9.17) is 5.73 Å². The fourth-order valence-corrected chi connectivity index (χ4v) is 2.25. The summed E-state index contributed by atoms with van der Waals surface area (Å²) in [6, 6.07) is 6.75. The van der Waals surface area contributed by atoms with Crippen molar-refractivity contribution in [2.75, 3.05) is 6.54 Å². The fraction of sp³-hybridized carbons (Fsp3) is 0.467. The molecule has 5 nitrogen and oxygen atoms in total. The second-order valence-electron chi connectivity index (χ2n) is 5.89. The first-order chi connectivity index (χ1) is 9.31. The van der Waals surface area contributed by atoms with Crippen LogP contribution in [-0.2, 0) is 11.2 Å². The number of hydrogen-bond donors (Lipinski definition) is 2. The van der Waals surface area contributed by atoms with Crippen LogP contribution in [0.4, 0.5) is 4.79 Å². The molecule has 1 fully saturated rings. The molecule has 108 valence electrons. The van der Waals surface area contributed by atoms with Gasteiger partial charge in [-0.3, -0.25) is 9.69 Å². The largest absolute Gasteiger partial charge is 0.325 e. The molecule has 1 atom stereocenters. The Balaban J connectivity index is 2.18. The normalized spacial score (nSPS) is 19.4. The fourth-order valence-electron chi connectivity index (χ4n) is 2.25. The minimum absolute atomic E-state index is 0.210. The molecule has 0 bridgehead atoms. The summed E-state index contributed by atoms with van der Waals surface area (Å²) < 4.78 is 0. The molecule has 1 unspecified atom stereocenters. The number of nitrogens with zero attached hydrogens (tertiary/aromatic N) is 1. The maximum Gasteiger partial charge on any atom is 0.325 e. The molecule has 3 N–H and O–H groups in total. The summed E-state index contributed by atoms with van der Waals surface area (Å²) in [5.41, 5.74) is 7.29. The zero-order chi connectivity index (χ0) is 14.9. The van der Waals surface area contributed by atoms with Crippen molar-refractivity contribution >= 4 is 11.9 Å². The molecule has 1 aliphatic heterocycles. The van der Waals surface area contributed by atoms with Crippen molar-refractivity contribution in [2.45, 2.75) is 38.8 Å². The summed E-state index contributed by atoms with van der Waals surface area (Å²) in [7, 11) is 0. The van der Waals surface area contributed by atoms with Crippen LogP contribution in [-0.4, -0.2) is 28.9 Å². The molecule has 0 saturated carbocycles. The third kappa shape index (κ3) is 2.99. The molecule has 1 saturated heterocycles. The van der Waals surface area contributed by atoms with Crippen molar-refractivity contribution in [3.63, 3.8) is 0 Å². The van der Waals surface area contributed by atoms with E-state index in [0.717, 1.165) is 12.0 Å². The minimum Gasteiger partial charge on any atom is -0.324 e. The summed E-state index contributed by atoms with van der Waals surface area (Å²) in [6.45, 7) is 5.86. The number of nitrogens with one attached hydrogen (secondary N) is 1. The number of benzene rings is 1. The molecule has 1 heterocycles. The predicted octanol–water partition coefficient (Wildman–Crippen LogP) is 1.58. The number of carbonyl (C=O) groups is 2. The number of amides is 3. The van der Waals surface area contributed by atoms with Gasteiger partial charge in [-0.05, 0) is 31.4 Å². The van der Waals surface area contributed by atoms with Crippen LogP contribution in [0.5, 0.6) is 0 Å². The van der Waals surface area contributed by atoms with E-state index in [0.29, 0.717) is 0 Å². The first-order valence-corrected chi connectivity index (χ1v) is 6.81. The third-order valence-corrected chi connectivity index (χ3v) is 3.31. The van der Waals surface area contributed by atoms with E-state index in [1.54, 1.807) is 13.8 Å². The van der Waals surface area contributed by atoms with Crippen LogP contribution in [0.15, 0.2) is 24.3 Å². The number of hydrogen-bond acceptors (Lipinski definition) is 3. The first kappa shape index (κ1) is 14.5. The Morgan fingerprint density at radius 2 is 1.85 bits per heavy atom. The molecule has 20 heavy (non-hydrogen) atoms. The smallest absolute Gasteiger partial charge is 0.324 e. The number of rotatable bonds is 4. The second kappa shape index (κ2) is 5.25. The van der Waals surface area contributed by atoms with Gasteiger partial charge < -0.3 is 11.1 Å². The molecule has 5 heteroatoms. The van der Waals surface area contributed by atoms with Gasteiger partial charge in [0.15, 0.2) is 0 Å². The molecule has 3 amide bonds. The molecule has 1 aromatic rings. The van der Waals surface area contributed by atoms with Crippen LogP contribution in [0.1, 0.15) is 37.9 Å². The highest BCUT2D eigenvalue weighted by molar-refractivity contribution is 6.04. The van der Waals surface area contributed by atoms with Gasteiger partial charge in [-0.1, -0.05) is 31.2 Å². The molecule has 0 aliphatic carbocycles. The topological polar surface area (TPSA) is 75.4 Å². The van der Waals surface area contributed by atoms with Crippen LogP contribution in [0, 0.1) is 0 Å². The van der Waals surface area contributed by atoms with Crippen molar-refractivity contribution in [1.29, 1.82) is 0 Å². The van der Waals surface area contributed by atoms with Gasteiger partial charge in [0.25, 0.3) is 5.91 Å². The average Bonchev–Trinajstić information content (AvgIpc) is 2.65. The maximum atomic E-state index is 12.3. The Hall–Kier alpha value is -1.88. The summed E-state index contributed by atoms with van der Waals surface area (Å²) in [5.74, 6) is -0.238. The van der Waals surface area contributed by atoms with E-state index < -0.39 is 11.6 Å². The molecule has 1 aromatic carbocycles. The SMILES string of the molecule is CCc1ccc(C2NC(=O)N(CC(C)(C)N)C2=O)cc1. The molecule has 0 radical (unpaired) electrons. The number of imide groups is 1. The lowest BCUT2D eigenvalue weighted by molar-refractivity contribution is -0.128. The zero-order valence-corrected chi connectivity index (χ0v) is 12.1. The lowest BCUT2D eigenvalue weighted by Crippen LogP contribution is -2.47. The van der Waals surface area contributed by atoms with Gasteiger partial charge >= 0.3 is 6.03 Å². The van der Waals surface area contributed by atoms with Gasteiger partial charge in [0, 0.05) is 12.1 Å². The number of nitrogens with two attached hydrogens (primary N) is 1. The van der Waals surface area contributed by atoms with E-state index in [1.807, 2.05) is 24.3 Å². The quantitative estimate of drug-likeness (QED) is 0.819. The number of aryl methyl sites for hydroxylation is 1. The highest BCUT2D eigenvalue weighted by atomic mass is 16.2. The maximum absolute atomic E-state index is 12.3. The number of urea groups is 1. The van der Waals surface area contributed by atoms with E-state index in [2.05, 4.69) is 12.2 Å². The van der Waals surface area contributed by atoms with Gasteiger partial charge in [-0.15, -0.1) is 0 Å². The highest BCUT2D eigenvalue weighted by Gasteiger charge is 2.40. The van der Waals surface area contributed by atoms with Crippen molar-refractivity contribution in [3.05, 3.63) is 35.4 Å². The van der Waals surface area contributed by atoms with Crippen LogP contribution in [0.3, 0.4) is 0 Å². The Morgan fingerprint density at radius 1 is 1.25 bits per heavy atom. The van der Waals surface area contributed by atoms with E-state index >= 15 is 0 Å². The molecule has 2 rings (SSSR count). The molecular weight excluding hydrogens is 254 g/mol. The van der Waals surface area contributed by atoms with Crippen LogP contribution in [0.2, 0.25) is 0 Å². The summed E-state index contributed by atoms with van der Waals surface area (Å²) in [5, 5.41) is 2.71. The van der Waals surface area contributed by atoms with Crippen molar-refractivity contribution < 1.29 is 9.59 Å². The van der Waals surface area contributed by atoms with Gasteiger partial charge in [0.2, 0.25) is 0 Å². The standard InChI is InChI=1S/C15H21N3O2/c1-4-10-5-7-11(8-6-10)12-13(19)18(14(20)17-12)9-15(2,3)16/h5-8,12H,4,9,16H2,1-3H3,(H,17,20). The van der Waals surface area contributed by atoms with E-state index in [-0.39, 0.29) is 18.5 Å². The Labute approximate surface area is 119 Å². The Bertz CT molecular complexity index is 517. The molecule has 1 aliphatic rings. The molecule has 0 aromatic heterocycles. The molecular formula is C15H21N3O2. The highest BCUT2D eigenvalue weighted by Crippen LogP contribution is 2.23. The van der Waals surface area contributed by atoms with Gasteiger partial charge in [0.1, 0.15) is 6.04 Å². The Kier molecular flexibility index (Phi) is 3.81. The van der Waals surface area contributed by atoms with Crippen LogP contribution < -0.4 is 11.1 Å². The zero-order valence-electron chi connectivity index (χ0n) is 12.1. The predicted molar refractivity (Wildman–Crippen MR) is 77.1 cm³/mol. The average molecular weight is 275 g/mol. The first-order valence-electron chi connectivity index (χ1n) is 6.81. The third-order valence-electron chi connectivity index (χ3n) is 3.31. The van der Waals surface area contributed by atoms with Gasteiger partial charge in [0.05, 0.1) is 0 Å². The van der Waals surface area contributed by atoms with Crippen molar-refractivity contribution in [2.24, 2.45) is 5.73 Å². The lowest BCUT2D eigenvalue weighted by atomic mass is 10.0. The minimum atomic E-state index is -0.603. The van der Waals surface area contributed by atoms with Crippen LogP contribution >= 0.6 is 0 Å². The van der Waals surface area contributed by atoms with Crippen molar-refractivity contribution in [3.8, 4) is 0 Å². The Morgan fingerprint density at radius 3 is 2.35 bits per heavy atom. The van der Waals surface area contributed by atoms with E-state index in [9.17, 15) is 9.59 Å². The van der Waals surface area contributed by atoms with Crippen molar-refractivity contribution in [1.82, 2.24) is 10.2 Å². The van der Waals surface area contributed by atoms with Gasteiger partial charge in [-0.25, -0.2) is 4.79 Å². The van der Waals surface area contributed by atoms with Gasteiger partial charge in [-0.2, -0.15) is 0 Å². The summed E-state index contributed by atoms with van der Waals surface area (Å²) in [4.78, 5) is 25.4. The lowest BCUT2D eigenvalue weighted by Gasteiger charge is -2.24. The van der Waals surface area contributed by atoms with Crippen LogP contribution in [0.25, 0.3) is 0 Å². The summed E-state index contributed by atoms with van der Waals surface area (Å²) >= 11 is 0.